The predicted octanol–water partition coefficient (Wildman–Crippen LogP) is 0.627. The Morgan fingerprint density at radius 3 is 2.67 bits per heavy atom. The number of unbranched alkanes of at least 4 members (excludes halogenated alkanes) is 2. The molecule has 0 aromatic heterocycles. The molecule has 1 amide bonds. The lowest BCUT2D eigenvalue weighted by atomic mass is 10.2. The first-order chi connectivity index (χ1) is 7.16. The minimum absolute atomic E-state index is 0.136. The monoisotopic (exact) mass is 209 g/mol. The molecule has 0 heterocycles. The number of amides is 1. The van der Waals surface area contributed by atoms with Gasteiger partial charge in [-0.25, -0.2) is 0 Å². The number of nitrogens with one attached hydrogen (secondary N) is 1. The Kier molecular flexibility index (Phi) is 4.17. The van der Waals surface area contributed by atoms with Crippen molar-refractivity contribution in [3.05, 3.63) is 0 Å². The maximum absolute atomic E-state index is 11.3. The molecule has 0 bridgehead atoms. The number of hydrogen-bond acceptors (Lipinski definition) is 2. The van der Waals surface area contributed by atoms with Crippen LogP contribution in [0.3, 0.4) is 0 Å². The largest absolute Gasteiger partial charge is 0.481 e. The molecule has 4 heteroatoms. The van der Waals surface area contributed by atoms with Gasteiger partial charge in [-0.15, -0.1) is 12.3 Å². The van der Waals surface area contributed by atoms with Crippen molar-refractivity contribution in [2.45, 2.75) is 25.7 Å². The van der Waals surface area contributed by atoms with Gasteiger partial charge in [0.05, 0.1) is 11.8 Å². The summed E-state index contributed by atoms with van der Waals surface area (Å²) >= 11 is 0. The third-order valence-electron chi connectivity index (χ3n) is 2.49. The minimum Gasteiger partial charge on any atom is -0.481 e. The third kappa shape index (κ3) is 3.62. The highest BCUT2D eigenvalue weighted by Gasteiger charge is 2.48. The van der Waals surface area contributed by atoms with E-state index < -0.39 is 11.9 Å². The van der Waals surface area contributed by atoms with Gasteiger partial charge in [0, 0.05) is 13.0 Å². The average Bonchev–Trinajstić information content (AvgIpc) is 2.96. The lowest BCUT2D eigenvalue weighted by molar-refractivity contribution is -0.140. The molecule has 0 saturated heterocycles. The van der Waals surface area contributed by atoms with Gasteiger partial charge < -0.3 is 10.4 Å². The van der Waals surface area contributed by atoms with Crippen molar-refractivity contribution in [1.82, 2.24) is 5.32 Å². The van der Waals surface area contributed by atoms with Crippen molar-refractivity contribution in [1.29, 1.82) is 0 Å². The fraction of sp³-hybridized carbons (Fsp3) is 0.636. The molecular weight excluding hydrogens is 194 g/mol. The molecule has 1 rings (SSSR count). The maximum atomic E-state index is 11.3. The molecule has 0 aromatic carbocycles. The number of carboxylic acid groups (broad SMARTS) is 1. The highest BCUT2D eigenvalue weighted by atomic mass is 16.4. The second kappa shape index (κ2) is 5.40. The van der Waals surface area contributed by atoms with Crippen LogP contribution in [0, 0.1) is 24.2 Å². The fourth-order valence-electron chi connectivity index (χ4n) is 1.45. The second-order valence-electron chi connectivity index (χ2n) is 3.74. The summed E-state index contributed by atoms with van der Waals surface area (Å²) in [5.74, 6) is 0.741. The zero-order valence-electron chi connectivity index (χ0n) is 8.53. The van der Waals surface area contributed by atoms with E-state index in [9.17, 15) is 9.59 Å². The number of hydrogen-bond donors (Lipinski definition) is 2. The van der Waals surface area contributed by atoms with Crippen LogP contribution in [-0.2, 0) is 9.59 Å². The van der Waals surface area contributed by atoms with Crippen LogP contribution in [0.2, 0.25) is 0 Å². The normalized spacial score (nSPS) is 22.9. The van der Waals surface area contributed by atoms with Gasteiger partial charge in [-0.1, -0.05) is 0 Å². The van der Waals surface area contributed by atoms with Crippen LogP contribution in [0.4, 0.5) is 0 Å². The van der Waals surface area contributed by atoms with Crippen molar-refractivity contribution < 1.29 is 14.7 Å². The zero-order chi connectivity index (χ0) is 11.3. The molecule has 0 radical (unpaired) electrons. The van der Waals surface area contributed by atoms with Crippen molar-refractivity contribution >= 4 is 11.9 Å². The van der Waals surface area contributed by atoms with E-state index in [-0.39, 0.29) is 11.8 Å². The molecule has 2 unspecified atom stereocenters. The molecule has 0 aromatic rings. The lowest BCUT2D eigenvalue weighted by Crippen LogP contribution is -2.27. The topological polar surface area (TPSA) is 66.4 Å². The highest BCUT2D eigenvalue weighted by Crippen LogP contribution is 2.38. The van der Waals surface area contributed by atoms with Crippen LogP contribution in [-0.4, -0.2) is 23.5 Å². The number of aliphatic carboxylic acids is 1. The summed E-state index contributed by atoms with van der Waals surface area (Å²) in [7, 11) is 0. The number of terminal acetylenes is 1. The Hall–Kier alpha value is -1.50. The predicted molar refractivity (Wildman–Crippen MR) is 54.9 cm³/mol. The minimum atomic E-state index is -0.873. The first kappa shape index (κ1) is 11.6. The number of carbonyl (C=O) groups is 2. The summed E-state index contributed by atoms with van der Waals surface area (Å²) in [6.45, 7) is 0.587. The van der Waals surface area contributed by atoms with Gasteiger partial charge in [-0.2, -0.15) is 0 Å². The first-order valence-corrected chi connectivity index (χ1v) is 5.10. The molecule has 82 valence electrons. The Bertz CT molecular complexity index is 293. The molecule has 0 aliphatic heterocycles. The summed E-state index contributed by atoms with van der Waals surface area (Å²) in [6.07, 6.45) is 8.01. The van der Waals surface area contributed by atoms with Crippen LogP contribution in [0.25, 0.3) is 0 Å². The number of carboxylic acids is 1. The standard InChI is InChI=1S/C11H15NO3/c1-2-3-4-5-6-12-10(13)8-7-9(8)11(14)15/h1,8-9H,3-7H2,(H,12,13)(H,14,15). The van der Waals surface area contributed by atoms with Crippen molar-refractivity contribution in [3.63, 3.8) is 0 Å². The molecule has 1 aliphatic rings. The maximum Gasteiger partial charge on any atom is 0.307 e. The van der Waals surface area contributed by atoms with Crippen LogP contribution in [0.5, 0.6) is 0 Å². The molecule has 0 spiro atoms. The van der Waals surface area contributed by atoms with Crippen molar-refractivity contribution in [3.8, 4) is 12.3 Å². The summed E-state index contributed by atoms with van der Waals surface area (Å²) in [5, 5.41) is 11.3. The molecule has 1 fully saturated rings. The van der Waals surface area contributed by atoms with E-state index in [4.69, 9.17) is 11.5 Å². The van der Waals surface area contributed by atoms with Gasteiger partial charge in [0.2, 0.25) is 5.91 Å². The molecule has 2 N–H and O–H groups in total. The SMILES string of the molecule is C#CCCCCNC(=O)C1CC1C(=O)O. The van der Waals surface area contributed by atoms with Gasteiger partial charge in [0.15, 0.2) is 0 Å². The van der Waals surface area contributed by atoms with E-state index in [1.54, 1.807) is 0 Å². The van der Waals surface area contributed by atoms with E-state index in [1.807, 2.05) is 0 Å². The molecule has 4 nitrogen and oxygen atoms in total. The van der Waals surface area contributed by atoms with Crippen LogP contribution < -0.4 is 5.32 Å². The smallest absolute Gasteiger partial charge is 0.307 e. The van der Waals surface area contributed by atoms with Crippen LogP contribution >= 0.6 is 0 Å². The highest BCUT2D eigenvalue weighted by molar-refractivity contribution is 5.89. The first-order valence-electron chi connectivity index (χ1n) is 5.10. The van der Waals surface area contributed by atoms with E-state index in [0.29, 0.717) is 13.0 Å². The third-order valence-corrected chi connectivity index (χ3v) is 2.49. The second-order valence-corrected chi connectivity index (χ2v) is 3.74. The Morgan fingerprint density at radius 2 is 2.13 bits per heavy atom. The quantitative estimate of drug-likeness (QED) is 0.498. The van der Waals surface area contributed by atoms with E-state index >= 15 is 0 Å². The number of rotatable bonds is 6. The lowest BCUT2D eigenvalue weighted by Gasteiger charge is -2.02. The Morgan fingerprint density at radius 1 is 1.40 bits per heavy atom. The van der Waals surface area contributed by atoms with Crippen molar-refractivity contribution in [2.24, 2.45) is 11.8 Å². The average molecular weight is 209 g/mol. The van der Waals surface area contributed by atoms with Gasteiger partial charge in [0.1, 0.15) is 0 Å². The van der Waals surface area contributed by atoms with Gasteiger partial charge >= 0.3 is 5.97 Å². The summed E-state index contributed by atoms with van der Waals surface area (Å²) < 4.78 is 0. The molecular formula is C11H15NO3. The summed E-state index contributed by atoms with van der Waals surface area (Å²) in [4.78, 5) is 21.8. The van der Waals surface area contributed by atoms with E-state index in [2.05, 4.69) is 11.2 Å². The van der Waals surface area contributed by atoms with Crippen LogP contribution in [0.1, 0.15) is 25.7 Å². The van der Waals surface area contributed by atoms with E-state index in [1.165, 1.54) is 0 Å². The van der Waals surface area contributed by atoms with Gasteiger partial charge in [-0.05, 0) is 19.3 Å². The molecule has 15 heavy (non-hydrogen) atoms. The Balaban J connectivity index is 2.06. The van der Waals surface area contributed by atoms with Crippen LogP contribution in [0.15, 0.2) is 0 Å². The molecule has 1 aliphatic carbocycles. The number of carbonyl (C=O) groups excluding carboxylic acids is 1. The van der Waals surface area contributed by atoms with Crippen molar-refractivity contribution in [2.75, 3.05) is 6.54 Å². The zero-order valence-corrected chi connectivity index (χ0v) is 8.53. The fourth-order valence-corrected chi connectivity index (χ4v) is 1.45. The van der Waals surface area contributed by atoms with Gasteiger partial charge in [0.25, 0.3) is 0 Å². The molecule has 1 saturated carbocycles. The van der Waals surface area contributed by atoms with Gasteiger partial charge in [-0.3, -0.25) is 9.59 Å². The molecule has 2 atom stereocenters. The Labute approximate surface area is 89.0 Å². The van der Waals surface area contributed by atoms with E-state index in [0.717, 1.165) is 19.3 Å². The summed E-state index contributed by atoms with van der Waals surface area (Å²) in [5.41, 5.74) is 0. The summed E-state index contributed by atoms with van der Waals surface area (Å²) in [6, 6.07) is 0.